The number of hydrogen-bond donors (Lipinski definition) is 1. The summed E-state index contributed by atoms with van der Waals surface area (Å²) in [6, 6.07) is 0. The van der Waals surface area contributed by atoms with E-state index in [4.69, 9.17) is 0 Å². The summed E-state index contributed by atoms with van der Waals surface area (Å²) in [5, 5.41) is 11.0. The van der Waals surface area contributed by atoms with Crippen molar-refractivity contribution in [3.05, 3.63) is 15.6 Å². The van der Waals surface area contributed by atoms with Gasteiger partial charge in [0.15, 0.2) is 0 Å². The van der Waals surface area contributed by atoms with Crippen LogP contribution >= 0.6 is 11.3 Å². The van der Waals surface area contributed by atoms with Crippen LogP contribution in [0, 0.1) is 0 Å². The van der Waals surface area contributed by atoms with E-state index in [0.717, 1.165) is 30.6 Å². The summed E-state index contributed by atoms with van der Waals surface area (Å²) in [7, 11) is 0. The Morgan fingerprint density at radius 1 is 1.57 bits per heavy atom. The van der Waals surface area contributed by atoms with E-state index in [9.17, 15) is 5.11 Å². The molecule has 0 saturated heterocycles. The van der Waals surface area contributed by atoms with Crippen LogP contribution < -0.4 is 0 Å². The molecule has 78 valence electrons. The fraction of sp³-hybridized carbons (Fsp3) is 0.727. The number of aryl methyl sites for hydroxylation is 2. The topological polar surface area (TPSA) is 33.1 Å². The smallest absolute Gasteiger partial charge is 0.0932 e. The van der Waals surface area contributed by atoms with Gasteiger partial charge in [-0.2, -0.15) is 0 Å². The molecule has 2 nitrogen and oxygen atoms in total. The van der Waals surface area contributed by atoms with Gasteiger partial charge in [0.25, 0.3) is 0 Å². The van der Waals surface area contributed by atoms with Crippen molar-refractivity contribution in [2.24, 2.45) is 0 Å². The Hall–Kier alpha value is -0.410. The largest absolute Gasteiger partial charge is 0.388 e. The van der Waals surface area contributed by atoms with Crippen molar-refractivity contribution in [2.75, 3.05) is 0 Å². The molecule has 2 rings (SSSR count). The fourth-order valence-corrected chi connectivity index (χ4v) is 3.06. The minimum Gasteiger partial charge on any atom is -0.388 e. The molecule has 0 fully saturated rings. The van der Waals surface area contributed by atoms with Gasteiger partial charge in [-0.15, -0.1) is 11.3 Å². The molecule has 14 heavy (non-hydrogen) atoms. The van der Waals surface area contributed by atoms with Gasteiger partial charge in [-0.3, -0.25) is 0 Å². The quantitative estimate of drug-likeness (QED) is 0.834. The van der Waals surface area contributed by atoms with E-state index in [-0.39, 0.29) is 6.10 Å². The Kier molecular flexibility index (Phi) is 3.19. The average molecular weight is 211 g/mol. The molecule has 0 spiro atoms. The Morgan fingerprint density at radius 2 is 2.43 bits per heavy atom. The molecular formula is C11H17NOS. The van der Waals surface area contributed by atoms with Gasteiger partial charge in [-0.05, 0) is 32.1 Å². The first-order valence-electron chi connectivity index (χ1n) is 5.47. The Labute approximate surface area is 89.0 Å². The highest BCUT2D eigenvalue weighted by Crippen LogP contribution is 2.34. The van der Waals surface area contributed by atoms with E-state index in [0.29, 0.717) is 0 Å². The van der Waals surface area contributed by atoms with E-state index in [1.165, 1.54) is 23.5 Å². The molecule has 1 heterocycles. The maximum Gasteiger partial charge on any atom is 0.0932 e. The predicted molar refractivity (Wildman–Crippen MR) is 58.6 cm³/mol. The van der Waals surface area contributed by atoms with Crippen LogP contribution in [0.4, 0.5) is 0 Å². The lowest BCUT2D eigenvalue weighted by atomic mass is 10.0. The van der Waals surface area contributed by atoms with Crippen LogP contribution in [0.5, 0.6) is 0 Å². The first-order chi connectivity index (χ1) is 6.81. The van der Waals surface area contributed by atoms with Gasteiger partial charge in [0, 0.05) is 0 Å². The molecule has 1 N–H and O–H groups in total. The second-order valence-electron chi connectivity index (χ2n) is 3.93. The standard InChI is InChI=1S/C11H17NOS/c1-2-3-7-10-12-8-5-4-6-9(13)11(8)14-10/h9,13H,2-7H2,1H3. The third-order valence-corrected chi connectivity index (χ3v) is 3.97. The molecule has 0 bridgehead atoms. The van der Waals surface area contributed by atoms with E-state index >= 15 is 0 Å². The van der Waals surface area contributed by atoms with Gasteiger partial charge in [0.2, 0.25) is 0 Å². The highest BCUT2D eigenvalue weighted by atomic mass is 32.1. The zero-order chi connectivity index (χ0) is 9.97. The van der Waals surface area contributed by atoms with Crippen LogP contribution in [-0.2, 0) is 12.8 Å². The van der Waals surface area contributed by atoms with E-state index < -0.39 is 0 Å². The summed E-state index contributed by atoms with van der Waals surface area (Å²) >= 11 is 1.72. The van der Waals surface area contributed by atoms with Gasteiger partial charge < -0.3 is 5.11 Å². The summed E-state index contributed by atoms with van der Waals surface area (Å²) in [5.41, 5.74) is 1.17. The van der Waals surface area contributed by atoms with Crippen LogP contribution in [-0.4, -0.2) is 10.1 Å². The molecule has 0 aliphatic heterocycles. The SMILES string of the molecule is CCCCc1nc2c(s1)C(O)CCC2. The number of aromatic nitrogens is 1. The summed E-state index contributed by atoms with van der Waals surface area (Å²) < 4.78 is 0. The lowest BCUT2D eigenvalue weighted by Gasteiger charge is -2.14. The monoisotopic (exact) mass is 211 g/mol. The normalized spacial score (nSPS) is 20.9. The number of nitrogens with zero attached hydrogens (tertiary/aromatic N) is 1. The molecule has 0 saturated carbocycles. The highest BCUT2D eigenvalue weighted by Gasteiger charge is 2.22. The zero-order valence-corrected chi connectivity index (χ0v) is 9.44. The van der Waals surface area contributed by atoms with E-state index in [1.807, 2.05) is 0 Å². The number of unbranched alkanes of at least 4 members (excludes halogenated alkanes) is 1. The minimum absolute atomic E-state index is 0.230. The highest BCUT2D eigenvalue weighted by molar-refractivity contribution is 7.11. The predicted octanol–water partition coefficient (Wildman–Crippen LogP) is 2.86. The van der Waals surface area contributed by atoms with Crippen molar-refractivity contribution in [1.82, 2.24) is 4.98 Å². The Balaban J connectivity index is 2.13. The number of thiazole rings is 1. The molecule has 0 radical (unpaired) electrons. The maximum absolute atomic E-state index is 9.77. The van der Waals surface area contributed by atoms with Gasteiger partial charge in [0.05, 0.1) is 21.7 Å². The number of fused-ring (bicyclic) bond motifs is 1. The minimum atomic E-state index is -0.230. The van der Waals surface area contributed by atoms with Gasteiger partial charge >= 0.3 is 0 Å². The third kappa shape index (κ3) is 1.98. The maximum atomic E-state index is 9.77. The van der Waals surface area contributed by atoms with Crippen LogP contribution in [0.1, 0.15) is 54.3 Å². The van der Waals surface area contributed by atoms with Crippen LogP contribution in [0.3, 0.4) is 0 Å². The van der Waals surface area contributed by atoms with Crippen LogP contribution in [0.2, 0.25) is 0 Å². The van der Waals surface area contributed by atoms with Crippen LogP contribution in [0.15, 0.2) is 0 Å². The van der Waals surface area contributed by atoms with E-state index in [1.54, 1.807) is 11.3 Å². The molecule has 3 heteroatoms. The lowest BCUT2D eigenvalue weighted by molar-refractivity contribution is 0.160. The summed E-state index contributed by atoms with van der Waals surface area (Å²) in [5.74, 6) is 0. The number of aliphatic hydroxyl groups is 1. The number of rotatable bonds is 3. The van der Waals surface area contributed by atoms with E-state index in [2.05, 4.69) is 11.9 Å². The zero-order valence-electron chi connectivity index (χ0n) is 8.62. The van der Waals surface area contributed by atoms with Crippen molar-refractivity contribution in [3.8, 4) is 0 Å². The van der Waals surface area contributed by atoms with Gasteiger partial charge in [-0.25, -0.2) is 4.98 Å². The van der Waals surface area contributed by atoms with Gasteiger partial charge in [-0.1, -0.05) is 13.3 Å². The summed E-state index contributed by atoms with van der Waals surface area (Å²) in [6.45, 7) is 2.20. The molecule has 1 atom stereocenters. The van der Waals surface area contributed by atoms with Crippen molar-refractivity contribution in [1.29, 1.82) is 0 Å². The van der Waals surface area contributed by atoms with Crippen LogP contribution in [0.25, 0.3) is 0 Å². The lowest BCUT2D eigenvalue weighted by Crippen LogP contribution is -2.06. The van der Waals surface area contributed by atoms with Crippen molar-refractivity contribution in [3.63, 3.8) is 0 Å². The number of aliphatic hydroxyl groups excluding tert-OH is 1. The first-order valence-corrected chi connectivity index (χ1v) is 6.29. The summed E-state index contributed by atoms with van der Waals surface area (Å²) in [4.78, 5) is 5.74. The number of hydrogen-bond acceptors (Lipinski definition) is 3. The third-order valence-electron chi connectivity index (χ3n) is 2.71. The Morgan fingerprint density at radius 3 is 3.14 bits per heavy atom. The second kappa shape index (κ2) is 4.41. The molecule has 1 aliphatic carbocycles. The Bertz CT molecular complexity index is 308. The molecule has 0 aromatic carbocycles. The van der Waals surface area contributed by atoms with Crippen molar-refractivity contribution in [2.45, 2.75) is 51.6 Å². The van der Waals surface area contributed by atoms with Crippen molar-refractivity contribution < 1.29 is 5.11 Å². The van der Waals surface area contributed by atoms with Crippen molar-refractivity contribution >= 4 is 11.3 Å². The fourth-order valence-electron chi connectivity index (χ4n) is 1.88. The second-order valence-corrected chi connectivity index (χ2v) is 5.05. The molecule has 1 unspecified atom stereocenters. The molecule has 1 aliphatic rings. The summed E-state index contributed by atoms with van der Waals surface area (Å²) in [6.07, 6.45) is 6.35. The molecule has 0 amide bonds. The molecule has 1 aromatic heterocycles. The molecular weight excluding hydrogens is 194 g/mol. The van der Waals surface area contributed by atoms with Gasteiger partial charge in [0.1, 0.15) is 0 Å². The first kappa shape index (κ1) is 10.1. The average Bonchev–Trinajstić information content (AvgIpc) is 2.59. The molecule has 1 aromatic rings.